The maximum absolute atomic E-state index is 11.6. The number of fused-ring (bicyclic) bond motifs is 1. The van der Waals surface area contributed by atoms with Crippen molar-refractivity contribution in [2.24, 2.45) is 0 Å². The van der Waals surface area contributed by atoms with Crippen molar-refractivity contribution in [2.75, 3.05) is 12.4 Å². The van der Waals surface area contributed by atoms with Gasteiger partial charge >= 0.3 is 7.60 Å². The smallest absolute Gasteiger partial charge is 0.356 e. The van der Waals surface area contributed by atoms with Crippen LogP contribution in [0.3, 0.4) is 0 Å². The molecule has 14 heteroatoms. The van der Waals surface area contributed by atoms with E-state index in [1.54, 1.807) is 0 Å². The van der Waals surface area contributed by atoms with Crippen LogP contribution >= 0.6 is 19.2 Å². The molecule has 0 saturated carbocycles. The van der Waals surface area contributed by atoms with Gasteiger partial charge in [-0.2, -0.15) is 9.97 Å². The minimum atomic E-state index is -4.77. The molecule has 12 nitrogen and oxygen atoms in total. The number of nitrogens with zero attached hydrogens (tertiary/aromatic N) is 4. The Morgan fingerprint density at radius 1 is 1.32 bits per heavy atom. The molecule has 28 heavy (non-hydrogen) atoms. The highest BCUT2D eigenvalue weighted by Gasteiger charge is 2.52. The lowest BCUT2D eigenvalue weighted by molar-refractivity contribution is -0.0761. The van der Waals surface area contributed by atoms with Gasteiger partial charge < -0.3 is 34.8 Å². The van der Waals surface area contributed by atoms with E-state index in [9.17, 15) is 24.6 Å². The van der Waals surface area contributed by atoms with Crippen molar-refractivity contribution in [3.8, 4) is 0 Å². The van der Waals surface area contributed by atoms with Crippen molar-refractivity contribution in [3.63, 3.8) is 0 Å². The molecule has 3 rings (SSSR count). The van der Waals surface area contributed by atoms with E-state index in [1.165, 1.54) is 10.9 Å². The lowest BCUT2D eigenvalue weighted by atomic mass is 10.1. The number of anilines is 1. The predicted molar refractivity (Wildman–Crippen MR) is 97.9 cm³/mol. The van der Waals surface area contributed by atoms with Gasteiger partial charge in [-0.05, 0) is 25.4 Å². The van der Waals surface area contributed by atoms with Gasteiger partial charge in [-0.3, -0.25) is 9.13 Å². The molecule has 5 atom stereocenters. The highest BCUT2D eigenvalue weighted by molar-refractivity contribution is 7.52. The molecule has 0 amide bonds. The SMILES string of the molecule is COC([C@@H]1O[C@@H](n2cnc3c(NC(C)C)nc(Cl)nc32)[C@H](O)[C@@H]1O)P(=O)(O)O. The number of rotatable bonds is 6. The van der Waals surface area contributed by atoms with Gasteiger partial charge in [-0.25, -0.2) is 4.98 Å². The second-order valence-electron chi connectivity index (χ2n) is 6.65. The van der Waals surface area contributed by atoms with E-state index in [-0.39, 0.29) is 17.0 Å². The van der Waals surface area contributed by atoms with E-state index in [0.717, 1.165) is 7.11 Å². The topological polar surface area (TPSA) is 172 Å². The van der Waals surface area contributed by atoms with Gasteiger partial charge in [-0.15, -0.1) is 0 Å². The average Bonchev–Trinajstić information content (AvgIpc) is 3.10. The molecule has 1 unspecified atom stereocenters. The Kier molecular flexibility index (Phi) is 5.95. The van der Waals surface area contributed by atoms with Crippen molar-refractivity contribution >= 4 is 36.2 Å². The molecule has 0 bridgehead atoms. The fourth-order valence-electron chi connectivity index (χ4n) is 3.06. The van der Waals surface area contributed by atoms with Crippen LogP contribution in [0.25, 0.3) is 11.2 Å². The third kappa shape index (κ3) is 3.87. The maximum atomic E-state index is 11.6. The van der Waals surface area contributed by atoms with Crippen molar-refractivity contribution < 1.29 is 34.0 Å². The van der Waals surface area contributed by atoms with Crippen LogP contribution < -0.4 is 5.32 Å². The van der Waals surface area contributed by atoms with Gasteiger partial charge in [0.05, 0.1) is 6.33 Å². The minimum absolute atomic E-state index is 0.0320. The first-order valence-corrected chi connectivity index (χ1v) is 10.4. The summed E-state index contributed by atoms with van der Waals surface area (Å²) in [6.07, 6.45) is -4.54. The van der Waals surface area contributed by atoms with E-state index in [2.05, 4.69) is 20.3 Å². The highest BCUT2D eigenvalue weighted by atomic mass is 35.5. The Bertz CT molecular complexity index is 906. The second-order valence-corrected chi connectivity index (χ2v) is 8.68. The lowest BCUT2D eigenvalue weighted by Gasteiger charge is -2.24. The Hall–Kier alpha value is -1.37. The normalized spacial score (nSPS) is 26.9. The van der Waals surface area contributed by atoms with Gasteiger partial charge in [0.15, 0.2) is 29.1 Å². The number of nitrogens with one attached hydrogen (secondary N) is 1. The monoisotopic (exact) mass is 437 g/mol. The molecular formula is C14H21ClN5O7P. The van der Waals surface area contributed by atoms with Crippen molar-refractivity contribution in [2.45, 2.75) is 50.3 Å². The zero-order chi connectivity index (χ0) is 20.8. The fraction of sp³-hybridized carbons (Fsp3) is 0.643. The summed E-state index contributed by atoms with van der Waals surface area (Å²) >= 11 is 5.99. The minimum Gasteiger partial charge on any atom is -0.387 e. The summed E-state index contributed by atoms with van der Waals surface area (Å²) in [4.78, 5) is 31.3. The molecule has 0 radical (unpaired) electrons. The number of aromatic nitrogens is 4. The third-order valence-electron chi connectivity index (χ3n) is 4.22. The van der Waals surface area contributed by atoms with Crippen LogP contribution in [0.4, 0.5) is 5.82 Å². The van der Waals surface area contributed by atoms with E-state index in [0.29, 0.717) is 11.3 Å². The summed E-state index contributed by atoms with van der Waals surface area (Å²) in [6, 6.07) is 0.0320. The lowest BCUT2D eigenvalue weighted by Crippen LogP contribution is -2.39. The quantitative estimate of drug-likeness (QED) is 0.305. The second kappa shape index (κ2) is 7.81. The number of methoxy groups -OCH3 is 1. The largest absolute Gasteiger partial charge is 0.387 e. The average molecular weight is 438 g/mol. The van der Waals surface area contributed by atoms with Crippen molar-refractivity contribution in [3.05, 3.63) is 11.6 Å². The molecule has 2 aromatic heterocycles. The highest BCUT2D eigenvalue weighted by Crippen LogP contribution is 2.48. The molecule has 1 aliphatic rings. The van der Waals surface area contributed by atoms with Gasteiger partial charge in [0.25, 0.3) is 0 Å². The van der Waals surface area contributed by atoms with E-state index >= 15 is 0 Å². The number of imidazole rings is 1. The van der Waals surface area contributed by atoms with Crippen molar-refractivity contribution in [1.82, 2.24) is 19.5 Å². The summed E-state index contributed by atoms with van der Waals surface area (Å²) < 4.78 is 23.3. The standard InChI is InChI=1S/C14H21ClN5O7P/c1-5(2)17-10-6-11(19-14(15)18-10)20(4-16-6)12-8(22)7(21)9(27-12)13(26-3)28(23,24)25/h4-5,7-9,12-13,21-22H,1-3H3,(H,17,18,19)(H2,23,24,25)/t7-,8+,9+,12+,13?/m0/s1. The maximum Gasteiger partial charge on any atom is 0.356 e. The zero-order valence-corrected chi connectivity index (χ0v) is 16.8. The van der Waals surface area contributed by atoms with Crippen LogP contribution in [0.5, 0.6) is 0 Å². The number of halogens is 1. The van der Waals surface area contributed by atoms with Gasteiger partial charge in [-0.1, -0.05) is 0 Å². The Balaban J connectivity index is 2.01. The number of aliphatic hydroxyl groups is 2. The van der Waals surface area contributed by atoms with E-state index in [1.807, 2.05) is 13.8 Å². The third-order valence-corrected chi connectivity index (χ3v) is 5.56. The van der Waals surface area contributed by atoms with Crippen LogP contribution in [0.15, 0.2) is 6.33 Å². The summed E-state index contributed by atoms with van der Waals surface area (Å²) in [6.45, 7) is 3.80. The van der Waals surface area contributed by atoms with Crippen LogP contribution in [0.1, 0.15) is 20.1 Å². The molecule has 156 valence electrons. The molecule has 0 aliphatic carbocycles. The molecule has 1 fully saturated rings. The summed E-state index contributed by atoms with van der Waals surface area (Å²) in [7, 11) is -3.70. The Labute approximate surface area is 164 Å². The fourth-order valence-corrected chi connectivity index (χ4v) is 4.13. The molecule has 2 aromatic rings. The molecule has 0 aromatic carbocycles. The van der Waals surface area contributed by atoms with Crippen LogP contribution in [-0.2, 0) is 14.0 Å². The van der Waals surface area contributed by atoms with E-state index in [4.69, 9.17) is 21.1 Å². The van der Waals surface area contributed by atoms with Crippen molar-refractivity contribution in [1.29, 1.82) is 0 Å². The first-order chi connectivity index (χ1) is 13.0. The van der Waals surface area contributed by atoms with Gasteiger partial charge in [0.1, 0.15) is 18.3 Å². The number of hydrogen-bond acceptors (Lipinski definition) is 9. The summed E-state index contributed by atoms with van der Waals surface area (Å²) in [5, 5.41) is 23.7. The van der Waals surface area contributed by atoms with Crippen LogP contribution in [0, 0.1) is 0 Å². The van der Waals surface area contributed by atoms with Crippen LogP contribution in [0.2, 0.25) is 5.28 Å². The van der Waals surface area contributed by atoms with E-state index < -0.39 is 38.0 Å². The number of aliphatic hydroxyl groups excluding tert-OH is 2. The molecule has 5 N–H and O–H groups in total. The summed E-state index contributed by atoms with van der Waals surface area (Å²) in [5.41, 5.74) is 0.565. The predicted octanol–water partition coefficient (Wildman–Crippen LogP) is 0.0694. The number of ether oxygens (including phenoxy) is 2. The molecule has 0 spiro atoms. The summed E-state index contributed by atoms with van der Waals surface area (Å²) in [5.74, 6) is -1.38. The Morgan fingerprint density at radius 3 is 2.57 bits per heavy atom. The van der Waals surface area contributed by atoms with Gasteiger partial charge in [0.2, 0.25) is 5.28 Å². The molecular weight excluding hydrogens is 417 g/mol. The Morgan fingerprint density at radius 2 is 2.00 bits per heavy atom. The molecule has 3 heterocycles. The number of hydrogen-bond donors (Lipinski definition) is 5. The van der Waals surface area contributed by atoms with Gasteiger partial charge in [0, 0.05) is 13.2 Å². The van der Waals surface area contributed by atoms with Crippen LogP contribution in [-0.4, -0.2) is 76.8 Å². The zero-order valence-electron chi connectivity index (χ0n) is 15.2. The first kappa shape index (κ1) is 21.3. The molecule has 1 aliphatic heterocycles. The first-order valence-electron chi connectivity index (χ1n) is 8.30. The molecule has 1 saturated heterocycles.